The van der Waals surface area contributed by atoms with Crippen LogP contribution < -0.4 is 10.1 Å². The Kier molecular flexibility index (Phi) is 4.72. The molecule has 1 fully saturated rings. The van der Waals surface area contributed by atoms with E-state index in [1.165, 1.54) is 11.8 Å². The van der Waals surface area contributed by atoms with Crippen molar-refractivity contribution in [1.29, 1.82) is 0 Å². The highest BCUT2D eigenvalue weighted by atomic mass is 32.2. The number of H-pyrrole nitrogens is 1. The highest BCUT2D eigenvalue weighted by molar-refractivity contribution is 8.00. The van der Waals surface area contributed by atoms with Crippen LogP contribution in [0.15, 0.2) is 53.8 Å². The van der Waals surface area contributed by atoms with E-state index in [1.54, 1.807) is 18.2 Å². The lowest BCUT2D eigenvalue weighted by Crippen LogP contribution is -2.25. The number of ether oxygens (including phenoxy) is 1. The lowest BCUT2D eigenvalue weighted by Gasteiger charge is -2.19. The predicted molar refractivity (Wildman–Crippen MR) is 126 cm³/mol. The quantitative estimate of drug-likeness (QED) is 0.326. The average molecular weight is 460 g/mol. The second kappa shape index (κ2) is 7.77. The number of hydrogen-bond acceptors (Lipinski definition) is 6. The second-order valence-corrected chi connectivity index (χ2v) is 9.64. The van der Waals surface area contributed by atoms with Crippen LogP contribution in [0.25, 0.3) is 22.3 Å². The van der Waals surface area contributed by atoms with Gasteiger partial charge >= 0.3 is 0 Å². The summed E-state index contributed by atoms with van der Waals surface area (Å²) in [4.78, 5) is 28.1. The third kappa shape index (κ3) is 3.58. The largest absolute Gasteiger partial charge is 0.482 e. The Morgan fingerprint density at radius 3 is 2.91 bits per heavy atom. The van der Waals surface area contributed by atoms with Crippen molar-refractivity contribution in [2.75, 3.05) is 11.9 Å². The number of para-hydroxylation sites is 1. The zero-order valence-electron chi connectivity index (χ0n) is 17.9. The number of amides is 1. The van der Waals surface area contributed by atoms with Crippen molar-refractivity contribution in [3.63, 3.8) is 0 Å². The topological polar surface area (TPSA) is 102 Å². The number of carbonyl (C=O) groups is 2. The van der Waals surface area contributed by atoms with Crippen LogP contribution in [0.3, 0.4) is 0 Å². The molecule has 9 heteroatoms. The van der Waals surface area contributed by atoms with Crippen LogP contribution in [0.5, 0.6) is 5.75 Å². The summed E-state index contributed by atoms with van der Waals surface area (Å²) in [6.07, 6.45) is 4.13. The molecule has 8 nitrogen and oxygen atoms in total. The van der Waals surface area contributed by atoms with E-state index in [1.807, 2.05) is 31.3 Å². The average Bonchev–Trinajstić information content (AvgIpc) is 3.45. The van der Waals surface area contributed by atoms with E-state index in [9.17, 15) is 9.59 Å². The number of thioether (sulfide) groups is 1. The monoisotopic (exact) mass is 459 g/mol. The van der Waals surface area contributed by atoms with E-state index < -0.39 is 0 Å². The first-order valence-corrected chi connectivity index (χ1v) is 11.8. The number of aromatic amines is 1. The molecule has 0 saturated heterocycles. The zero-order valence-corrected chi connectivity index (χ0v) is 18.7. The molecule has 2 N–H and O–H groups in total. The summed E-state index contributed by atoms with van der Waals surface area (Å²) >= 11 is 1.41. The molecular weight excluding hydrogens is 438 g/mol. The van der Waals surface area contributed by atoms with Crippen LogP contribution in [0.2, 0.25) is 0 Å². The minimum atomic E-state index is -0.374. The number of ketones is 1. The van der Waals surface area contributed by atoms with E-state index in [2.05, 4.69) is 31.1 Å². The van der Waals surface area contributed by atoms with Gasteiger partial charge in [0, 0.05) is 34.3 Å². The van der Waals surface area contributed by atoms with E-state index in [-0.39, 0.29) is 23.5 Å². The highest BCUT2D eigenvalue weighted by Gasteiger charge is 2.32. The van der Waals surface area contributed by atoms with E-state index in [0.717, 1.165) is 40.3 Å². The number of rotatable bonds is 6. The van der Waals surface area contributed by atoms with Gasteiger partial charge in [-0.1, -0.05) is 30.0 Å². The van der Waals surface area contributed by atoms with Crippen LogP contribution in [0, 0.1) is 0 Å². The maximum absolute atomic E-state index is 13.2. The van der Waals surface area contributed by atoms with Crippen molar-refractivity contribution in [1.82, 2.24) is 19.7 Å². The van der Waals surface area contributed by atoms with Gasteiger partial charge in [0.05, 0.1) is 10.9 Å². The first-order chi connectivity index (χ1) is 16.1. The van der Waals surface area contributed by atoms with Gasteiger partial charge in [-0.2, -0.15) is 0 Å². The molecule has 2 aromatic heterocycles. The summed E-state index contributed by atoms with van der Waals surface area (Å²) in [7, 11) is 0. The standard InChI is InChI=1S/C24H21N5O3S/c1-13(22(31)14-6-9-20-19(10-14)26-21(30)12-32-20)33-24-28-27-23(29(24)15-7-8-15)17-11-25-18-5-3-2-4-16(17)18/h2-6,9-11,13,15,25H,7-8,12H2,1H3,(H,26,30)/t13-/m0/s1. The molecule has 1 aliphatic carbocycles. The molecule has 1 amide bonds. The molecule has 166 valence electrons. The van der Waals surface area contributed by atoms with Crippen LogP contribution in [-0.2, 0) is 4.79 Å². The van der Waals surface area contributed by atoms with Crippen molar-refractivity contribution < 1.29 is 14.3 Å². The van der Waals surface area contributed by atoms with E-state index in [0.29, 0.717) is 23.0 Å². The Labute approximate surface area is 193 Å². The van der Waals surface area contributed by atoms with Gasteiger partial charge < -0.3 is 15.0 Å². The summed E-state index contributed by atoms with van der Waals surface area (Å²) in [5.41, 5.74) is 3.12. The number of carbonyl (C=O) groups excluding carboxylic acids is 2. The van der Waals surface area contributed by atoms with Crippen LogP contribution >= 0.6 is 11.8 Å². The number of hydrogen-bond donors (Lipinski definition) is 2. The maximum Gasteiger partial charge on any atom is 0.262 e. The molecule has 2 aromatic carbocycles. The maximum atomic E-state index is 13.2. The molecule has 1 saturated carbocycles. The van der Waals surface area contributed by atoms with Gasteiger partial charge in [0.15, 0.2) is 23.4 Å². The minimum Gasteiger partial charge on any atom is -0.482 e. The number of benzene rings is 2. The second-order valence-electron chi connectivity index (χ2n) is 8.33. The molecule has 1 aliphatic heterocycles. The normalized spacial score (nSPS) is 16.2. The fraction of sp³-hybridized carbons (Fsp3) is 0.250. The van der Waals surface area contributed by atoms with Crippen molar-refractivity contribution in [3.8, 4) is 17.1 Å². The van der Waals surface area contributed by atoms with Crippen LogP contribution in [-0.4, -0.2) is 43.3 Å². The SMILES string of the molecule is C[C@H](Sc1nnc(-c2c[nH]c3ccccc23)n1C1CC1)C(=O)c1ccc2c(c1)NC(=O)CO2. The summed E-state index contributed by atoms with van der Waals surface area (Å²) < 4.78 is 7.56. The summed E-state index contributed by atoms with van der Waals surface area (Å²) in [6, 6.07) is 13.6. The number of nitrogens with zero attached hydrogens (tertiary/aromatic N) is 3. The van der Waals surface area contributed by atoms with Gasteiger partial charge in [0.1, 0.15) is 5.75 Å². The summed E-state index contributed by atoms with van der Waals surface area (Å²) in [6.45, 7) is 1.86. The molecule has 0 bridgehead atoms. The molecular formula is C24H21N5O3S. The van der Waals surface area contributed by atoms with Gasteiger partial charge in [0.25, 0.3) is 5.91 Å². The molecule has 0 spiro atoms. The van der Waals surface area contributed by atoms with Gasteiger partial charge in [-0.05, 0) is 44.0 Å². The summed E-state index contributed by atoms with van der Waals surface area (Å²) in [5.74, 6) is 1.13. The first-order valence-electron chi connectivity index (χ1n) is 10.9. The first kappa shape index (κ1) is 20.0. The lowest BCUT2D eigenvalue weighted by atomic mass is 10.1. The van der Waals surface area contributed by atoms with E-state index >= 15 is 0 Å². The highest BCUT2D eigenvalue weighted by Crippen LogP contribution is 2.43. The minimum absolute atomic E-state index is 0.0118. The third-order valence-corrected chi connectivity index (χ3v) is 7.01. The molecule has 1 atom stereocenters. The Morgan fingerprint density at radius 1 is 1.21 bits per heavy atom. The van der Waals surface area contributed by atoms with Crippen LogP contribution in [0.1, 0.15) is 36.2 Å². The molecule has 0 unspecified atom stereocenters. The number of anilines is 1. The van der Waals surface area contributed by atoms with Gasteiger partial charge in [-0.3, -0.25) is 14.2 Å². The number of fused-ring (bicyclic) bond motifs is 2. The van der Waals surface area contributed by atoms with Gasteiger partial charge in [-0.15, -0.1) is 10.2 Å². The molecule has 0 radical (unpaired) electrons. The molecule has 3 heterocycles. The number of nitrogens with one attached hydrogen (secondary N) is 2. The fourth-order valence-corrected chi connectivity index (χ4v) is 5.14. The van der Waals surface area contributed by atoms with Gasteiger partial charge in [-0.25, -0.2) is 0 Å². The molecule has 6 rings (SSSR count). The summed E-state index contributed by atoms with van der Waals surface area (Å²) in [5, 5.41) is 13.2. The fourth-order valence-electron chi connectivity index (χ4n) is 4.14. The smallest absolute Gasteiger partial charge is 0.262 e. The zero-order chi connectivity index (χ0) is 22.5. The van der Waals surface area contributed by atoms with Crippen molar-refractivity contribution in [3.05, 3.63) is 54.2 Å². The number of aromatic nitrogens is 4. The number of Topliss-reactive ketones (excluding diaryl/α,β-unsaturated/α-hetero) is 1. The Bertz CT molecular complexity index is 1400. The molecule has 4 aromatic rings. The molecule has 2 aliphatic rings. The Balaban J connectivity index is 1.29. The van der Waals surface area contributed by atoms with Crippen molar-refractivity contribution in [2.24, 2.45) is 0 Å². The Hall–Kier alpha value is -3.59. The lowest BCUT2D eigenvalue weighted by molar-refractivity contribution is -0.118. The van der Waals surface area contributed by atoms with E-state index in [4.69, 9.17) is 4.74 Å². The van der Waals surface area contributed by atoms with Crippen LogP contribution in [0.4, 0.5) is 5.69 Å². The predicted octanol–water partition coefficient (Wildman–Crippen LogP) is 4.46. The molecule has 33 heavy (non-hydrogen) atoms. The third-order valence-electron chi connectivity index (χ3n) is 5.96. The van der Waals surface area contributed by atoms with Gasteiger partial charge in [0.2, 0.25) is 0 Å². The van der Waals surface area contributed by atoms with Crippen molar-refractivity contribution in [2.45, 2.75) is 36.2 Å². The van der Waals surface area contributed by atoms with Crippen molar-refractivity contribution >= 4 is 40.0 Å². The Morgan fingerprint density at radius 2 is 2.06 bits per heavy atom.